The lowest BCUT2D eigenvalue weighted by Gasteiger charge is -2.13. The number of aryl methyl sites for hydroxylation is 1. The number of thioether (sulfide) groups is 1. The van der Waals surface area contributed by atoms with Gasteiger partial charge in [-0.2, -0.15) is 0 Å². The maximum atomic E-state index is 5.17. The average Bonchev–Trinajstić information content (AvgIpc) is 2.82. The third-order valence-electron chi connectivity index (χ3n) is 2.88. The predicted octanol–water partition coefficient (Wildman–Crippen LogP) is 3.56. The maximum Gasteiger partial charge on any atom is 0.150 e. The molecule has 1 heterocycles. The van der Waals surface area contributed by atoms with Gasteiger partial charge in [0.2, 0.25) is 0 Å². The van der Waals surface area contributed by atoms with Crippen LogP contribution in [0, 0.1) is 6.92 Å². The Morgan fingerprint density at radius 3 is 2.61 bits per heavy atom. The third-order valence-corrected chi connectivity index (χ3v) is 3.62. The monoisotopic (exact) mass is 262 g/mol. The summed E-state index contributed by atoms with van der Waals surface area (Å²) in [6.45, 7) is 4.78. The first kappa shape index (κ1) is 13.2. The van der Waals surface area contributed by atoms with E-state index in [1.165, 1.54) is 10.5 Å². The molecule has 1 unspecified atom stereocenters. The lowest BCUT2D eigenvalue weighted by Crippen LogP contribution is -2.17. The molecule has 0 aliphatic carbocycles. The molecule has 1 atom stereocenters. The van der Waals surface area contributed by atoms with Crippen LogP contribution in [0.4, 0.5) is 0 Å². The van der Waals surface area contributed by atoms with Gasteiger partial charge >= 0.3 is 0 Å². The van der Waals surface area contributed by atoms with E-state index in [4.69, 9.17) is 4.52 Å². The van der Waals surface area contributed by atoms with Crippen molar-refractivity contribution in [2.45, 2.75) is 31.3 Å². The number of aromatic nitrogens is 1. The molecule has 0 spiro atoms. The van der Waals surface area contributed by atoms with Crippen molar-refractivity contribution in [2.24, 2.45) is 0 Å². The molecule has 1 aromatic carbocycles. The summed E-state index contributed by atoms with van der Waals surface area (Å²) < 4.78 is 5.17. The van der Waals surface area contributed by atoms with E-state index in [1.54, 1.807) is 11.8 Å². The van der Waals surface area contributed by atoms with E-state index in [0.717, 1.165) is 11.5 Å². The third kappa shape index (κ3) is 3.37. The van der Waals surface area contributed by atoms with Crippen LogP contribution in [-0.4, -0.2) is 11.4 Å². The maximum absolute atomic E-state index is 5.17. The first-order valence-corrected chi connectivity index (χ1v) is 7.21. The van der Waals surface area contributed by atoms with E-state index in [0.29, 0.717) is 12.6 Å². The highest BCUT2D eigenvalue weighted by Gasteiger charge is 2.06. The number of hydrogen-bond donors (Lipinski definition) is 1. The van der Waals surface area contributed by atoms with Crippen molar-refractivity contribution in [1.82, 2.24) is 10.5 Å². The second-order valence-corrected chi connectivity index (χ2v) is 5.19. The highest BCUT2D eigenvalue weighted by Crippen LogP contribution is 2.19. The lowest BCUT2D eigenvalue weighted by atomic mass is 10.1. The first-order chi connectivity index (χ1) is 8.69. The van der Waals surface area contributed by atoms with E-state index >= 15 is 0 Å². The number of rotatable bonds is 5. The molecule has 0 amide bonds. The Balaban J connectivity index is 1.92. The van der Waals surface area contributed by atoms with Gasteiger partial charge in [0.05, 0.1) is 12.2 Å². The summed E-state index contributed by atoms with van der Waals surface area (Å²) >= 11 is 1.76. The normalized spacial score (nSPS) is 12.6. The van der Waals surface area contributed by atoms with E-state index in [-0.39, 0.29) is 0 Å². The SMILES string of the molecule is CSc1ccc(C(C)NCc2cc(C)no2)cc1. The van der Waals surface area contributed by atoms with E-state index in [9.17, 15) is 0 Å². The average molecular weight is 262 g/mol. The van der Waals surface area contributed by atoms with Gasteiger partial charge in [0.25, 0.3) is 0 Å². The molecule has 0 saturated carbocycles. The van der Waals surface area contributed by atoms with Crippen molar-refractivity contribution < 1.29 is 4.52 Å². The van der Waals surface area contributed by atoms with Crippen molar-refractivity contribution >= 4 is 11.8 Å². The Hall–Kier alpha value is -1.26. The number of benzene rings is 1. The molecule has 0 saturated heterocycles. The van der Waals surface area contributed by atoms with Crippen molar-refractivity contribution in [3.63, 3.8) is 0 Å². The lowest BCUT2D eigenvalue weighted by molar-refractivity contribution is 0.363. The van der Waals surface area contributed by atoms with Crippen molar-refractivity contribution in [3.05, 3.63) is 47.3 Å². The van der Waals surface area contributed by atoms with Crippen LogP contribution in [-0.2, 0) is 6.54 Å². The van der Waals surface area contributed by atoms with Crippen LogP contribution < -0.4 is 5.32 Å². The van der Waals surface area contributed by atoms with Gasteiger partial charge in [0.15, 0.2) is 5.76 Å². The van der Waals surface area contributed by atoms with Crippen LogP contribution in [0.3, 0.4) is 0 Å². The molecule has 0 radical (unpaired) electrons. The minimum absolute atomic E-state index is 0.298. The fraction of sp³-hybridized carbons (Fsp3) is 0.357. The van der Waals surface area contributed by atoms with Crippen LogP contribution in [0.25, 0.3) is 0 Å². The summed E-state index contributed by atoms with van der Waals surface area (Å²) in [4.78, 5) is 1.29. The molecule has 2 aromatic rings. The summed E-state index contributed by atoms with van der Waals surface area (Å²) in [5.74, 6) is 0.875. The molecular weight excluding hydrogens is 244 g/mol. The van der Waals surface area contributed by atoms with Gasteiger partial charge in [0.1, 0.15) is 0 Å². The molecule has 0 bridgehead atoms. The standard InChI is InChI=1S/C14H18N2OS/c1-10-8-13(17-16-10)9-15-11(2)12-4-6-14(18-3)7-5-12/h4-8,11,15H,9H2,1-3H3. The number of nitrogens with zero attached hydrogens (tertiary/aromatic N) is 1. The van der Waals surface area contributed by atoms with Crippen molar-refractivity contribution in [3.8, 4) is 0 Å². The number of nitrogens with one attached hydrogen (secondary N) is 1. The van der Waals surface area contributed by atoms with Crippen molar-refractivity contribution in [2.75, 3.05) is 6.26 Å². The molecule has 3 nitrogen and oxygen atoms in total. The highest BCUT2D eigenvalue weighted by molar-refractivity contribution is 7.98. The zero-order valence-electron chi connectivity index (χ0n) is 10.9. The molecule has 2 rings (SSSR count). The summed E-state index contributed by atoms with van der Waals surface area (Å²) in [6.07, 6.45) is 2.09. The van der Waals surface area contributed by atoms with Crippen molar-refractivity contribution in [1.29, 1.82) is 0 Å². The van der Waals surface area contributed by atoms with Gasteiger partial charge in [-0.25, -0.2) is 0 Å². The predicted molar refractivity (Wildman–Crippen MR) is 74.7 cm³/mol. The van der Waals surface area contributed by atoms with E-state index in [1.807, 2.05) is 13.0 Å². The Morgan fingerprint density at radius 2 is 2.06 bits per heavy atom. The minimum Gasteiger partial charge on any atom is -0.360 e. The van der Waals surface area contributed by atoms with Crippen LogP contribution >= 0.6 is 11.8 Å². The second kappa shape index (κ2) is 6.07. The van der Waals surface area contributed by atoms with Crippen LogP contribution in [0.1, 0.15) is 30.0 Å². The molecule has 4 heteroatoms. The summed E-state index contributed by atoms with van der Waals surface area (Å²) in [6, 6.07) is 10.9. The quantitative estimate of drug-likeness (QED) is 0.836. The van der Waals surface area contributed by atoms with Crippen LogP contribution in [0.2, 0.25) is 0 Å². The Bertz CT molecular complexity index is 493. The Kier molecular flexibility index (Phi) is 4.44. The molecule has 0 fully saturated rings. The molecule has 1 N–H and O–H groups in total. The van der Waals surface area contributed by atoms with Crippen LogP contribution in [0.5, 0.6) is 0 Å². The second-order valence-electron chi connectivity index (χ2n) is 4.31. The number of hydrogen-bond acceptors (Lipinski definition) is 4. The van der Waals surface area contributed by atoms with Gasteiger partial charge in [0, 0.05) is 17.0 Å². The first-order valence-electron chi connectivity index (χ1n) is 5.98. The van der Waals surface area contributed by atoms with Gasteiger partial charge in [-0.15, -0.1) is 11.8 Å². The molecule has 1 aromatic heterocycles. The summed E-state index contributed by atoms with van der Waals surface area (Å²) in [7, 11) is 0. The van der Waals surface area contributed by atoms with Gasteiger partial charge < -0.3 is 9.84 Å². The molecule has 18 heavy (non-hydrogen) atoms. The molecule has 96 valence electrons. The topological polar surface area (TPSA) is 38.1 Å². The van der Waals surface area contributed by atoms with Crippen LogP contribution in [0.15, 0.2) is 39.8 Å². The van der Waals surface area contributed by atoms with E-state index < -0.39 is 0 Å². The Morgan fingerprint density at radius 1 is 1.33 bits per heavy atom. The highest BCUT2D eigenvalue weighted by atomic mass is 32.2. The Labute approximate surface area is 112 Å². The molecule has 0 aliphatic rings. The smallest absolute Gasteiger partial charge is 0.150 e. The van der Waals surface area contributed by atoms with E-state index in [2.05, 4.69) is 47.9 Å². The summed E-state index contributed by atoms with van der Waals surface area (Å²) in [5, 5.41) is 7.30. The molecule has 0 aliphatic heterocycles. The zero-order chi connectivity index (χ0) is 13.0. The zero-order valence-corrected chi connectivity index (χ0v) is 11.8. The fourth-order valence-corrected chi connectivity index (χ4v) is 2.17. The minimum atomic E-state index is 0.298. The van der Waals surface area contributed by atoms with Gasteiger partial charge in [-0.1, -0.05) is 17.3 Å². The van der Waals surface area contributed by atoms with Gasteiger partial charge in [-0.05, 0) is 37.8 Å². The largest absolute Gasteiger partial charge is 0.360 e. The van der Waals surface area contributed by atoms with Gasteiger partial charge in [-0.3, -0.25) is 0 Å². The molecular formula is C14H18N2OS. The fourth-order valence-electron chi connectivity index (χ4n) is 1.76. The summed E-state index contributed by atoms with van der Waals surface area (Å²) in [5.41, 5.74) is 2.20.